The molecule has 0 heterocycles. The lowest BCUT2D eigenvalue weighted by Crippen LogP contribution is -2.35. The molecule has 0 atom stereocenters. The lowest BCUT2D eigenvalue weighted by Gasteiger charge is -2.21. The van der Waals surface area contributed by atoms with Gasteiger partial charge in [-0.25, -0.2) is 4.39 Å². The first kappa shape index (κ1) is 18.4. The number of benzene rings is 2. The molecule has 132 valence electrons. The van der Waals surface area contributed by atoms with Crippen LogP contribution in [0, 0.1) is 5.82 Å². The first-order chi connectivity index (χ1) is 12.0. The summed E-state index contributed by atoms with van der Waals surface area (Å²) in [5, 5.41) is 4.94. The topological polar surface area (TPSA) is 61.4 Å². The molecule has 2 aromatic rings. The van der Waals surface area contributed by atoms with Crippen LogP contribution in [0.5, 0.6) is 0 Å². The van der Waals surface area contributed by atoms with Gasteiger partial charge >= 0.3 is 11.8 Å². The summed E-state index contributed by atoms with van der Waals surface area (Å²) in [7, 11) is 0. The highest BCUT2D eigenvalue weighted by Crippen LogP contribution is 2.17. The van der Waals surface area contributed by atoms with E-state index in [1.165, 1.54) is 6.07 Å². The minimum absolute atomic E-state index is 0.0418. The molecule has 2 amide bonds. The van der Waals surface area contributed by atoms with Crippen LogP contribution in [0.3, 0.4) is 0 Å². The van der Waals surface area contributed by atoms with Gasteiger partial charge in [0.1, 0.15) is 5.82 Å². The first-order valence-electron chi connectivity index (χ1n) is 8.22. The van der Waals surface area contributed by atoms with E-state index in [1.54, 1.807) is 30.3 Å². The molecule has 0 bridgehead atoms. The van der Waals surface area contributed by atoms with Gasteiger partial charge in [0.25, 0.3) is 0 Å². The summed E-state index contributed by atoms with van der Waals surface area (Å²) >= 11 is 0. The van der Waals surface area contributed by atoms with Crippen LogP contribution < -0.4 is 15.5 Å². The molecular formula is C19H22FN3O2. The molecule has 0 aliphatic carbocycles. The van der Waals surface area contributed by atoms with Crippen molar-refractivity contribution in [1.29, 1.82) is 0 Å². The van der Waals surface area contributed by atoms with Gasteiger partial charge in [0.15, 0.2) is 0 Å². The van der Waals surface area contributed by atoms with Crippen LogP contribution in [0.4, 0.5) is 15.8 Å². The Morgan fingerprint density at radius 3 is 2.20 bits per heavy atom. The van der Waals surface area contributed by atoms with Gasteiger partial charge in [-0.05, 0) is 44.2 Å². The van der Waals surface area contributed by atoms with Crippen molar-refractivity contribution >= 4 is 23.2 Å². The fraction of sp³-hybridized carbons (Fsp3) is 0.263. The van der Waals surface area contributed by atoms with Gasteiger partial charge in [0.2, 0.25) is 0 Å². The molecule has 2 aromatic carbocycles. The van der Waals surface area contributed by atoms with Crippen LogP contribution in [0.15, 0.2) is 48.5 Å². The van der Waals surface area contributed by atoms with Crippen LogP contribution >= 0.6 is 0 Å². The third kappa shape index (κ3) is 5.04. The normalized spacial score (nSPS) is 10.2. The third-order valence-electron chi connectivity index (χ3n) is 3.86. The number of nitrogens with one attached hydrogen (secondary N) is 2. The summed E-state index contributed by atoms with van der Waals surface area (Å²) in [4.78, 5) is 25.9. The SMILES string of the molecule is CCN(CC)c1ccc(NC(=O)C(=O)NCc2ccccc2F)cc1. The zero-order valence-electron chi connectivity index (χ0n) is 14.4. The van der Waals surface area contributed by atoms with E-state index >= 15 is 0 Å². The van der Waals surface area contributed by atoms with E-state index in [0.717, 1.165) is 18.8 Å². The fourth-order valence-electron chi connectivity index (χ4n) is 2.43. The first-order valence-corrected chi connectivity index (χ1v) is 8.22. The second-order valence-corrected chi connectivity index (χ2v) is 5.45. The Labute approximate surface area is 146 Å². The van der Waals surface area contributed by atoms with Crippen molar-refractivity contribution in [2.24, 2.45) is 0 Å². The van der Waals surface area contributed by atoms with Crippen molar-refractivity contribution in [1.82, 2.24) is 5.32 Å². The minimum Gasteiger partial charge on any atom is -0.372 e. The molecule has 0 fully saturated rings. The molecule has 2 rings (SSSR count). The molecule has 0 saturated heterocycles. The zero-order chi connectivity index (χ0) is 18.2. The fourth-order valence-corrected chi connectivity index (χ4v) is 2.43. The summed E-state index contributed by atoms with van der Waals surface area (Å²) in [6.07, 6.45) is 0. The van der Waals surface area contributed by atoms with Crippen LogP contribution in [-0.2, 0) is 16.1 Å². The molecule has 25 heavy (non-hydrogen) atoms. The van der Waals surface area contributed by atoms with Gasteiger partial charge < -0.3 is 15.5 Å². The minimum atomic E-state index is -0.809. The third-order valence-corrected chi connectivity index (χ3v) is 3.86. The second kappa shape index (κ2) is 8.82. The molecular weight excluding hydrogens is 321 g/mol. The molecule has 5 nitrogen and oxygen atoms in total. The maximum Gasteiger partial charge on any atom is 0.313 e. The summed E-state index contributed by atoms with van der Waals surface area (Å²) < 4.78 is 13.5. The second-order valence-electron chi connectivity index (χ2n) is 5.45. The summed E-state index contributed by atoms with van der Waals surface area (Å²) in [5.41, 5.74) is 1.90. The Kier molecular flexibility index (Phi) is 6.51. The monoisotopic (exact) mass is 343 g/mol. The highest BCUT2D eigenvalue weighted by atomic mass is 19.1. The van der Waals surface area contributed by atoms with Crippen LogP contribution in [0.1, 0.15) is 19.4 Å². The zero-order valence-corrected chi connectivity index (χ0v) is 14.4. The van der Waals surface area contributed by atoms with Crippen LogP contribution in [-0.4, -0.2) is 24.9 Å². The number of hydrogen-bond donors (Lipinski definition) is 2. The standard InChI is InChI=1S/C19H22FN3O2/c1-3-23(4-2)16-11-9-15(10-12-16)22-19(25)18(24)21-13-14-7-5-6-8-17(14)20/h5-12H,3-4,13H2,1-2H3,(H,21,24)(H,22,25). The van der Waals surface area contributed by atoms with Gasteiger partial charge in [0.05, 0.1) is 0 Å². The predicted molar refractivity (Wildman–Crippen MR) is 96.9 cm³/mol. The van der Waals surface area contributed by atoms with Crippen molar-refractivity contribution in [2.75, 3.05) is 23.3 Å². The number of carbonyl (C=O) groups is 2. The molecule has 0 aromatic heterocycles. The summed E-state index contributed by atoms with van der Waals surface area (Å²) in [5.74, 6) is -2.02. The number of anilines is 2. The van der Waals surface area contributed by atoms with E-state index in [-0.39, 0.29) is 6.54 Å². The summed E-state index contributed by atoms with van der Waals surface area (Å²) in [6, 6.07) is 13.4. The van der Waals surface area contributed by atoms with Gasteiger partial charge in [-0.2, -0.15) is 0 Å². The van der Waals surface area contributed by atoms with E-state index in [4.69, 9.17) is 0 Å². The van der Waals surface area contributed by atoms with E-state index < -0.39 is 17.6 Å². The van der Waals surface area contributed by atoms with E-state index in [1.807, 2.05) is 12.1 Å². The average Bonchev–Trinajstić information content (AvgIpc) is 2.63. The number of amides is 2. The van der Waals surface area contributed by atoms with Gasteiger partial charge in [-0.1, -0.05) is 18.2 Å². The maximum absolute atomic E-state index is 13.5. The van der Waals surface area contributed by atoms with Crippen molar-refractivity contribution in [3.63, 3.8) is 0 Å². The highest BCUT2D eigenvalue weighted by molar-refractivity contribution is 6.39. The maximum atomic E-state index is 13.5. The van der Waals surface area contributed by atoms with E-state index in [0.29, 0.717) is 11.3 Å². The summed E-state index contributed by atoms with van der Waals surface area (Å²) in [6.45, 7) is 5.87. The molecule has 0 spiro atoms. The van der Waals surface area contributed by atoms with Crippen molar-refractivity contribution in [3.05, 3.63) is 59.9 Å². The smallest absolute Gasteiger partial charge is 0.313 e. The largest absolute Gasteiger partial charge is 0.372 e. The predicted octanol–water partition coefficient (Wildman–Crippen LogP) is 2.93. The molecule has 2 N–H and O–H groups in total. The molecule has 0 radical (unpaired) electrons. The number of rotatable bonds is 6. The van der Waals surface area contributed by atoms with Crippen LogP contribution in [0.25, 0.3) is 0 Å². The Bertz CT molecular complexity index is 728. The average molecular weight is 343 g/mol. The quantitative estimate of drug-likeness (QED) is 0.793. The molecule has 0 aliphatic rings. The Morgan fingerprint density at radius 2 is 1.60 bits per heavy atom. The highest BCUT2D eigenvalue weighted by Gasteiger charge is 2.14. The number of nitrogens with zero attached hydrogens (tertiary/aromatic N) is 1. The van der Waals surface area contributed by atoms with Crippen LogP contribution in [0.2, 0.25) is 0 Å². The number of hydrogen-bond acceptors (Lipinski definition) is 3. The lowest BCUT2D eigenvalue weighted by molar-refractivity contribution is -0.136. The number of carbonyl (C=O) groups excluding carboxylic acids is 2. The van der Waals surface area contributed by atoms with Gasteiger partial charge in [-0.15, -0.1) is 0 Å². The van der Waals surface area contributed by atoms with Crippen molar-refractivity contribution in [3.8, 4) is 0 Å². The number of halogens is 1. The molecule has 0 unspecified atom stereocenters. The van der Waals surface area contributed by atoms with E-state index in [2.05, 4.69) is 29.4 Å². The Morgan fingerprint density at radius 1 is 0.960 bits per heavy atom. The van der Waals surface area contributed by atoms with Gasteiger partial charge in [0, 0.05) is 36.6 Å². The van der Waals surface area contributed by atoms with Gasteiger partial charge in [-0.3, -0.25) is 9.59 Å². The molecule has 0 saturated carbocycles. The van der Waals surface area contributed by atoms with Crippen molar-refractivity contribution < 1.29 is 14.0 Å². The Balaban J connectivity index is 1.90. The lowest BCUT2D eigenvalue weighted by atomic mass is 10.2. The van der Waals surface area contributed by atoms with Crippen molar-refractivity contribution in [2.45, 2.75) is 20.4 Å². The molecule has 0 aliphatic heterocycles. The Hall–Kier alpha value is -2.89. The van der Waals surface area contributed by atoms with E-state index in [9.17, 15) is 14.0 Å². The molecule has 6 heteroatoms.